The fourth-order valence-electron chi connectivity index (χ4n) is 3.96. The van der Waals surface area contributed by atoms with Crippen LogP contribution in [0, 0.1) is 0 Å². The van der Waals surface area contributed by atoms with Crippen LogP contribution in [0.3, 0.4) is 0 Å². The van der Waals surface area contributed by atoms with E-state index in [4.69, 9.17) is 10.1 Å². The number of fused-ring (bicyclic) bond motifs is 1. The first-order chi connectivity index (χ1) is 14.9. The number of imidazole rings is 1. The van der Waals surface area contributed by atoms with Crippen molar-refractivity contribution in [3.8, 4) is 11.4 Å². The second kappa shape index (κ2) is 9.03. The lowest BCUT2D eigenvalue weighted by Crippen LogP contribution is -2.24. The first-order valence-electron chi connectivity index (χ1n) is 10.4. The van der Waals surface area contributed by atoms with Gasteiger partial charge in [-0.05, 0) is 30.4 Å². The molecule has 2 aromatic carbocycles. The fourth-order valence-corrected chi connectivity index (χ4v) is 4.62. The highest BCUT2D eigenvalue weighted by Crippen LogP contribution is 2.27. The molecule has 1 aliphatic rings. The number of amides is 1. The van der Waals surface area contributed by atoms with E-state index in [1.807, 2.05) is 30.3 Å². The number of hydrogen-bond acceptors (Lipinski definition) is 4. The molecule has 0 bridgehead atoms. The van der Waals surface area contributed by atoms with E-state index < -0.39 is 10.0 Å². The zero-order valence-corrected chi connectivity index (χ0v) is 18.1. The van der Waals surface area contributed by atoms with Crippen LogP contribution in [-0.4, -0.2) is 23.9 Å². The first-order valence-corrected chi connectivity index (χ1v) is 12.1. The summed E-state index contributed by atoms with van der Waals surface area (Å²) in [5, 5.41) is 8.05. The van der Waals surface area contributed by atoms with Crippen LogP contribution in [0.15, 0.2) is 54.6 Å². The van der Waals surface area contributed by atoms with E-state index >= 15 is 0 Å². The van der Waals surface area contributed by atoms with Crippen molar-refractivity contribution in [2.75, 3.05) is 0 Å². The van der Waals surface area contributed by atoms with Crippen LogP contribution >= 0.6 is 0 Å². The maximum atomic E-state index is 13.0. The number of aromatic nitrogens is 2. The number of nitrogens with two attached hydrogens (primary N) is 1. The van der Waals surface area contributed by atoms with Gasteiger partial charge in [-0.25, -0.2) is 18.5 Å². The molecule has 0 saturated heterocycles. The van der Waals surface area contributed by atoms with Crippen LogP contribution in [0.4, 0.5) is 0 Å². The number of nitrogens with zero attached hydrogens (tertiary/aromatic N) is 2. The van der Waals surface area contributed by atoms with E-state index in [0.29, 0.717) is 17.8 Å². The van der Waals surface area contributed by atoms with Gasteiger partial charge in [0.1, 0.15) is 11.5 Å². The lowest BCUT2D eigenvalue weighted by atomic mass is 10.1. The molecule has 0 unspecified atom stereocenters. The standard InChI is InChI=1S/C23H26N4O3S/c24-31(29,30)16-18-12-10-17(11-13-18)15-25-23(28)21-20-9-5-2-6-14-27(20)22(26-21)19-7-3-1-4-8-19/h1,3-4,7-8,10-13H,2,5-6,9,14-16H2,(H,25,28)(H2,24,29,30). The lowest BCUT2D eigenvalue weighted by Gasteiger charge is -2.09. The second-order valence-corrected chi connectivity index (χ2v) is 9.48. The molecule has 0 aliphatic carbocycles. The summed E-state index contributed by atoms with van der Waals surface area (Å²) in [7, 11) is -3.56. The van der Waals surface area contributed by atoms with E-state index in [2.05, 4.69) is 9.88 Å². The van der Waals surface area contributed by atoms with Gasteiger partial charge in [0.2, 0.25) is 10.0 Å². The summed E-state index contributed by atoms with van der Waals surface area (Å²) in [4.78, 5) is 17.8. The maximum absolute atomic E-state index is 13.0. The second-order valence-electron chi connectivity index (χ2n) is 7.87. The van der Waals surface area contributed by atoms with Gasteiger partial charge >= 0.3 is 0 Å². The average Bonchev–Trinajstić information content (AvgIpc) is 2.94. The van der Waals surface area contributed by atoms with Crippen molar-refractivity contribution in [2.45, 2.75) is 44.5 Å². The van der Waals surface area contributed by atoms with E-state index in [1.165, 1.54) is 0 Å². The van der Waals surface area contributed by atoms with Gasteiger partial charge < -0.3 is 9.88 Å². The van der Waals surface area contributed by atoms with Crippen molar-refractivity contribution in [3.05, 3.63) is 77.1 Å². The number of primary sulfonamides is 1. The number of hydrogen-bond donors (Lipinski definition) is 2. The Morgan fingerprint density at radius 1 is 1.00 bits per heavy atom. The van der Waals surface area contributed by atoms with Crippen LogP contribution in [0.25, 0.3) is 11.4 Å². The van der Waals surface area contributed by atoms with E-state index in [0.717, 1.165) is 54.9 Å². The molecule has 3 aromatic rings. The summed E-state index contributed by atoms with van der Waals surface area (Å²) < 4.78 is 24.6. The normalized spacial score (nSPS) is 14.0. The van der Waals surface area contributed by atoms with Crippen molar-refractivity contribution >= 4 is 15.9 Å². The zero-order chi connectivity index (χ0) is 21.8. The molecule has 0 radical (unpaired) electrons. The molecule has 0 atom stereocenters. The Morgan fingerprint density at radius 2 is 1.71 bits per heavy atom. The molecule has 0 spiro atoms. The van der Waals surface area contributed by atoms with Crippen LogP contribution in [0.5, 0.6) is 0 Å². The molecule has 162 valence electrons. The summed E-state index contributed by atoms with van der Waals surface area (Å²) in [5.74, 6) is 0.444. The molecule has 2 heterocycles. The third-order valence-electron chi connectivity index (χ3n) is 5.46. The predicted molar refractivity (Wildman–Crippen MR) is 120 cm³/mol. The summed E-state index contributed by atoms with van der Waals surface area (Å²) in [5.41, 5.74) is 3.99. The zero-order valence-electron chi connectivity index (χ0n) is 17.3. The van der Waals surface area contributed by atoms with Gasteiger partial charge in [0, 0.05) is 18.7 Å². The molecule has 1 amide bonds. The third-order valence-corrected chi connectivity index (χ3v) is 6.19. The summed E-state index contributed by atoms with van der Waals surface area (Å²) >= 11 is 0. The largest absolute Gasteiger partial charge is 0.347 e. The minimum absolute atomic E-state index is 0.193. The SMILES string of the molecule is NS(=O)(=O)Cc1ccc(CNC(=O)c2nc(-c3ccccc3)n3c2CCCCC3)cc1. The molecular weight excluding hydrogens is 412 g/mol. The Hall–Kier alpha value is -2.97. The summed E-state index contributed by atoms with van der Waals surface area (Å²) in [6.45, 7) is 1.20. The number of rotatable bonds is 6. The van der Waals surface area contributed by atoms with E-state index in [9.17, 15) is 13.2 Å². The topological polar surface area (TPSA) is 107 Å². The summed E-state index contributed by atoms with van der Waals surface area (Å²) in [6.07, 6.45) is 4.10. The number of carbonyl (C=O) groups excluding carboxylic acids is 1. The minimum atomic E-state index is -3.56. The van der Waals surface area contributed by atoms with E-state index in [-0.39, 0.29) is 11.7 Å². The third kappa shape index (κ3) is 5.21. The van der Waals surface area contributed by atoms with Crippen molar-refractivity contribution in [3.63, 3.8) is 0 Å². The quantitative estimate of drug-likeness (QED) is 0.617. The van der Waals surface area contributed by atoms with Gasteiger partial charge in [0.25, 0.3) is 5.91 Å². The lowest BCUT2D eigenvalue weighted by molar-refractivity contribution is 0.0945. The Bertz CT molecular complexity index is 1170. The molecule has 31 heavy (non-hydrogen) atoms. The highest BCUT2D eigenvalue weighted by molar-refractivity contribution is 7.88. The molecular formula is C23H26N4O3S. The van der Waals surface area contributed by atoms with Crippen LogP contribution in [-0.2, 0) is 35.3 Å². The molecule has 1 aliphatic heterocycles. The van der Waals surface area contributed by atoms with Gasteiger partial charge in [0.05, 0.1) is 11.4 Å². The maximum Gasteiger partial charge on any atom is 0.272 e. The van der Waals surface area contributed by atoms with Crippen molar-refractivity contribution in [1.82, 2.24) is 14.9 Å². The van der Waals surface area contributed by atoms with Gasteiger partial charge in [-0.2, -0.15) is 0 Å². The van der Waals surface area contributed by atoms with Crippen LogP contribution in [0.2, 0.25) is 0 Å². The molecule has 4 rings (SSSR count). The summed E-state index contributed by atoms with van der Waals surface area (Å²) in [6, 6.07) is 17.0. The minimum Gasteiger partial charge on any atom is -0.347 e. The van der Waals surface area contributed by atoms with E-state index in [1.54, 1.807) is 24.3 Å². The molecule has 0 saturated carbocycles. The number of carbonyl (C=O) groups is 1. The van der Waals surface area contributed by atoms with Crippen molar-refractivity contribution in [1.29, 1.82) is 0 Å². The predicted octanol–water partition coefficient (Wildman–Crippen LogP) is 3.00. The average molecular weight is 439 g/mol. The van der Waals surface area contributed by atoms with Crippen molar-refractivity contribution in [2.24, 2.45) is 5.14 Å². The molecule has 8 heteroatoms. The Kier molecular flexibility index (Phi) is 6.20. The molecule has 1 aromatic heterocycles. The molecule has 7 nitrogen and oxygen atoms in total. The van der Waals surface area contributed by atoms with Crippen LogP contribution < -0.4 is 10.5 Å². The molecule has 0 fully saturated rings. The number of benzene rings is 2. The Labute approximate surface area is 182 Å². The van der Waals surface area contributed by atoms with Gasteiger partial charge in [-0.1, -0.05) is 61.0 Å². The number of nitrogens with one attached hydrogen (secondary N) is 1. The highest BCUT2D eigenvalue weighted by Gasteiger charge is 2.24. The van der Waals surface area contributed by atoms with Crippen molar-refractivity contribution < 1.29 is 13.2 Å². The smallest absolute Gasteiger partial charge is 0.272 e. The first kappa shape index (κ1) is 21.3. The monoisotopic (exact) mass is 438 g/mol. The Balaban J connectivity index is 1.53. The molecule has 3 N–H and O–H groups in total. The van der Waals surface area contributed by atoms with Gasteiger partial charge in [0.15, 0.2) is 0 Å². The van der Waals surface area contributed by atoms with Crippen LogP contribution in [0.1, 0.15) is 46.6 Å². The van der Waals surface area contributed by atoms with Gasteiger partial charge in [-0.3, -0.25) is 4.79 Å². The highest BCUT2D eigenvalue weighted by atomic mass is 32.2. The fraction of sp³-hybridized carbons (Fsp3) is 0.304. The Morgan fingerprint density at radius 3 is 2.42 bits per heavy atom. The number of sulfonamides is 1. The van der Waals surface area contributed by atoms with Gasteiger partial charge in [-0.15, -0.1) is 0 Å².